The maximum atomic E-state index is 6.04. The molecule has 1 fully saturated rings. The smallest absolute Gasteiger partial charge is 0.190 e. The number of aromatic nitrogens is 2. The molecule has 0 radical (unpaired) electrons. The van der Waals surface area contributed by atoms with Gasteiger partial charge >= 0.3 is 0 Å². The van der Waals surface area contributed by atoms with E-state index in [4.69, 9.17) is 4.74 Å². The average Bonchev–Trinajstić information content (AvgIpc) is 2.34. The fourth-order valence-electron chi connectivity index (χ4n) is 2.41. The van der Waals surface area contributed by atoms with Crippen LogP contribution >= 0.6 is 11.8 Å². The van der Waals surface area contributed by atoms with Gasteiger partial charge in [-0.05, 0) is 33.5 Å². The minimum Gasteiger partial charge on any atom is -0.364 e. The van der Waals surface area contributed by atoms with Crippen molar-refractivity contribution in [1.82, 2.24) is 14.9 Å². The third kappa shape index (κ3) is 3.22. The van der Waals surface area contributed by atoms with Gasteiger partial charge in [0.2, 0.25) is 0 Å². The molecule has 18 heavy (non-hydrogen) atoms. The van der Waals surface area contributed by atoms with Crippen LogP contribution in [0.5, 0.6) is 0 Å². The zero-order chi connectivity index (χ0) is 13.1. The minimum atomic E-state index is 0.128. The van der Waals surface area contributed by atoms with Crippen molar-refractivity contribution in [3.05, 3.63) is 18.5 Å². The summed E-state index contributed by atoms with van der Waals surface area (Å²) in [5, 5.41) is 0.793. The van der Waals surface area contributed by atoms with Gasteiger partial charge in [-0.2, -0.15) is 0 Å². The Morgan fingerprint density at radius 2 is 1.94 bits per heavy atom. The molecule has 0 aliphatic carbocycles. The molecule has 1 saturated heterocycles. The largest absolute Gasteiger partial charge is 0.364 e. The SMILES string of the molecule is CC1CC(N(C)C)C(C)[C@@H](Sc2ncccn2)O1. The molecule has 1 aromatic rings. The molecule has 0 aromatic carbocycles. The Labute approximate surface area is 113 Å². The molecule has 5 heteroatoms. The molecule has 4 atom stereocenters. The van der Waals surface area contributed by atoms with Crippen LogP contribution in [0.2, 0.25) is 0 Å². The molecule has 1 aliphatic heterocycles. The molecule has 0 saturated carbocycles. The van der Waals surface area contributed by atoms with E-state index in [0.717, 1.165) is 11.6 Å². The second-order valence-electron chi connectivity index (χ2n) is 5.09. The first-order valence-electron chi connectivity index (χ1n) is 6.33. The van der Waals surface area contributed by atoms with Gasteiger partial charge in [0.1, 0.15) is 5.44 Å². The number of hydrogen-bond acceptors (Lipinski definition) is 5. The molecule has 0 spiro atoms. The molecule has 4 nitrogen and oxygen atoms in total. The topological polar surface area (TPSA) is 38.2 Å². The number of rotatable bonds is 3. The average molecular weight is 267 g/mol. The Balaban J connectivity index is 2.07. The van der Waals surface area contributed by atoms with E-state index in [-0.39, 0.29) is 11.5 Å². The van der Waals surface area contributed by atoms with Crippen LogP contribution in [0.1, 0.15) is 20.3 Å². The molecule has 100 valence electrons. The van der Waals surface area contributed by atoms with Gasteiger partial charge in [0, 0.05) is 24.4 Å². The third-order valence-corrected chi connectivity index (χ3v) is 4.60. The summed E-state index contributed by atoms with van der Waals surface area (Å²) in [6, 6.07) is 2.38. The van der Waals surface area contributed by atoms with Crippen LogP contribution in [0, 0.1) is 5.92 Å². The molecular formula is C13H21N3OS. The van der Waals surface area contributed by atoms with Crippen molar-refractivity contribution < 1.29 is 4.74 Å². The van der Waals surface area contributed by atoms with Gasteiger partial charge in [-0.3, -0.25) is 0 Å². The van der Waals surface area contributed by atoms with Gasteiger partial charge in [0.15, 0.2) is 5.16 Å². The quantitative estimate of drug-likeness (QED) is 0.786. The molecule has 2 rings (SSSR count). The van der Waals surface area contributed by atoms with Crippen LogP contribution in [-0.4, -0.2) is 46.5 Å². The number of ether oxygens (including phenoxy) is 1. The summed E-state index contributed by atoms with van der Waals surface area (Å²) in [4.78, 5) is 10.8. The highest BCUT2D eigenvalue weighted by Gasteiger charge is 2.36. The van der Waals surface area contributed by atoms with Crippen molar-refractivity contribution in [2.45, 2.75) is 43.0 Å². The van der Waals surface area contributed by atoms with E-state index in [0.29, 0.717) is 12.0 Å². The van der Waals surface area contributed by atoms with Crippen molar-refractivity contribution >= 4 is 11.8 Å². The molecule has 3 unspecified atom stereocenters. The normalized spacial score (nSPS) is 32.7. The van der Waals surface area contributed by atoms with E-state index in [1.807, 2.05) is 6.07 Å². The second kappa shape index (κ2) is 5.99. The predicted molar refractivity (Wildman–Crippen MR) is 73.5 cm³/mol. The molecule has 0 bridgehead atoms. The monoisotopic (exact) mass is 267 g/mol. The van der Waals surface area contributed by atoms with Gasteiger partial charge in [-0.15, -0.1) is 0 Å². The highest BCUT2D eigenvalue weighted by Crippen LogP contribution is 2.36. The van der Waals surface area contributed by atoms with Crippen LogP contribution in [0.15, 0.2) is 23.6 Å². The van der Waals surface area contributed by atoms with E-state index >= 15 is 0 Å². The van der Waals surface area contributed by atoms with Crippen molar-refractivity contribution in [2.75, 3.05) is 14.1 Å². The Morgan fingerprint density at radius 3 is 2.56 bits per heavy atom. The number of hydrogen-bond donors (Lipinski definition) is 0. The second-order valence-corrected chi connectivity index (χ2v) is 6.16. The maximum Gasteiger partial charge on any atom is 0.190 e. The molecule has 0 N–H and O–H groups in total. The number of thioether (sulfide) groups is 1. The van der Waals surface area contributed by atoms with Gasteiger partial charge in [0.25, 0.3) is 0 Å². The van der Waals surface area contributed by atoms with E-state index in [2.05, 4.69) is 42.8 Å². The molecule has 2 heterocycles. The summed E-state index contributed by atoms with van der Waals surface area (Å²) in [7, 11) is 4.28. The van der Waals surface area contributed by atoms with Crippen LogP contribution in [0.3, 0.4) is 0 Å². The fraction of sp³-hybridized carbons (Fsp3) is 0.692. The first-order valence-corrected chi connectivity index (χ1v) is 7.21. The van der Waals surface area contributed by atoms with Gasteiger partial charge < -0.3 is 9.64 Å². The first kappa shape index (κ1) is 13.8. The summed E-state index contributed by atoms with van der Waals surface area (Å²) >= 11 is 1.63. The summed E-state index contributed by atoms with van der Waals surface area (Å²) in [5.74, 6) is 0.463. The van der Waals surface area contributed by atoms with E-state index in [1.54, 1.807) is 24.2 Å². The lowest BCUT2D eigenvalue weighted by Crippen LogP contribution is -2.47. The van der Waals surface area contributed by atoms with E-state index in [1.165, 1.54) is 0 Å². The molecule has 0 amide bonds. The highest BCUT2D eigenvalue weighted by molar-refractivity contribution is 7.99. The summed E-state index contributed by atoms with van der Waals surface area (Å²) in [5.41, 5.74) is 0.128. The Morgan fingerprint density at radius 1 is 1.28 bits per heavy atom. The van der Waals surface area contributed by atoms with Crippen LogP contribution < -0.4 is 0 Å². The van der Waals surface area contributed by atoms with Gasteiger partial charge in [0.05, 0.1) is 6.10 Å². The lowest BCUT2D eigenvalue weighted by atomic mass is 9.93. The van der Waals surface area contributed by atoms with Crippen LogP contribution in [0.4, 0.5) is 0 Å². The molecule has 1 aliphatic rings. The molecule has 1 aromatic heterocycles. The van der Waals surface area contributed by atoms with Crippen molar-refractivity contribution in [2.24, 2.45) is 5.92 Å². The van der Waals surface area contributed by atoms with Crippen LogP contribution in [-0.2, 0) is 4.74 Å². The Hall–Kier alpha value is -0.650. The third-order valence-electron chi connectivity index (χ3n) is 3.40. The predicted octanol–water partition coefficient (Wildman–Crippen LogP) is 2.27. The number of nitrogens with zero attached hydrogens (tertiary/aromatic N) is 3. The van der Waals surface area contributed by atoms with Crippen molar-refractivity contribution in [1.29, 1.82) is 0 Å². The zero-order valence-corrected chi connectivity index (χ0v) is 12.2. The standard InChI is InChI=1S/C13H21N3OS/c1-9-8-11(16(3)4)10(2)12(17-9)18-13-14-6-5-7-15-13/h5-7,9-12H,8H2,1-4H3/t9?,10?,11?,12-/m1/s1. The van der Waals surface area contributed by atoms with E-state index in [9.17, 15) is 0 Å². The lowest BCUT2D eigenvalue weighted by molar-refractivity contribution is -0.0589. The zero-order valence-electron chi connectivity index (χ0n) is 11.4. The summed E-state index contributed by atoms with van der Waals surface area (Å²) < 4.78 is 6.04. The van der Waals surface area contributed by atoms with Crippen molar-refractivity contribution in [3.8, 4) is 0 Å². The highest BCUT2D eigenvalue weighted by atomic mass is 32.2. The fourth-order valence-corrected chi connectivity index (χ4v) is 3.50. The van der Waals surface area contributed by atoms with Gasteiger partial charge in [-0.25, -0.2) is 9.97 Å². The Bertz CT molecular complexity index is 374. The summed E-state index contributed by atoms with van der Waals surface area (Å²) in [6.07, 6.45) is 4.92. The maximum absolute atomic E-state index is 6.04. The first-order chi connectivity index (χ1) is 8.58. The Kier molecular flexibility index (Phi) is 4.59. The molecular weight excluding hydrogens is 246 g/mol. The van der Waals surface area contributed by atoms with E-state index < -0.39 is 0 Å². The van der Waals surface area contributed by atoms with Gasteiger partial charge in [-0.1, -0.05) is 18.7 Å². The lowest BCUT2D eigenvalue weighted by Gasteiger charge is -2.41. The minimum absolute atomic E-state index is 0.128. The van der Waals surface area contributed by atoms with Crippen LogP contribution in [0.25, 0.3) is 0 Å². The van der Waals surface area contributed by atoms with Crippen molar-refractivity contribution in [3.63, 3.8) is 0 Å². The summed E-state index contributed by atoms with van der Waals surface area (Å²) in [6.45, 7) is 4.39.